The Balaban J connectivity index is 3.73. The third kappa shape index (κ3) is 1.60. The first kappa shape index (κ1) is 10.2. The number of aromatic carboxylic acids is 1. The molecule has 0 spiro atoms. The standard InChI is InChI=1S/C10H3N3O2/c11-3-6-1-2-7(4-12)9(10(14)15)8(6)5-13/h1-2H,(H,14,15). The highest BCUT2D eigenvalue weighted by Crippen LogP contribution is 2.17. The van der Waals surface area contributed by atoms with Crippen LogP contribution in [0.15, 0.2) is 12.1 Å². The number of rotatable bonds is 1. The number of benzene rings is 1. The molecular weight excluding hydrogens is 194 g/mol. The van der Waals surface area contributed by atoms with Crippen LogP contribution in [0.4, 0.5) is 0 Å². The lowest BCUT2D eigenvalue weighted by Crippen LogP contribution is -2.05. The van der Waals surface area contributed by atoms with Gasteiger partial charge in [-0.2, -0.15) is 15.8 Å². The van der Waals surface area contributed by atoms with Crippen LogP contribution in [-0.2, 0) is 0 Å². The van der Waals surface area contributed by atoms with E-state index in [1.165, 1.54) is 12.1 Å². The summed E-state index contributed by atoms with van der Waals surface area (Å²) in [6.45, 7) is 0. The first-order chi connectivity index (χ1) is 7.15. The molecule has 0 amide bonds. The maximum Gasteiger partial charge on any atom is 0.338 e. The quantitative estimate of drug-likeness (QED) is 0.722. The van der Waals surface area contributed by atoms with E-state index in [2.05, 4.69) is 0 Å². The summed E-state index contributed by atoms with van der Waals surface area (Å²) in [5.74, 6) is -1.39. The van der Waals surface area contributed by atoms with Gasteiger partial charge in [0.25, 0.3) is 0 Å². The first-order valence-electron chi connectivity index (χ1n) is 3.76. The molecule has 1 aromatic rings. The fourth-order valence-electron chi connectivity index (χ4n) is 1.13. The zero-order valence-electron chi connectivity index (χ0n) is 7.35. The second kappa shape index (κ2) is 3.91. The van der Waals surface area contributed by atoms with Gasteiger partial charge in [0.05, 0.1) is 22.3 Å². The Morgan fingerprint density at radius 1 is 1.07 bits per heavy atom. The maximum atomic E-state index is 10.8. The molecule has 0 atom stereocenters. The third-order valence-corrected chi connectivity index (χ3v) is 1.77. The van der Waals surface area contributed by atoms with Gasteiger partial charge in [-0.15, -0.1) is 0 Å². The Kier molecular flexibility index (Phi) is 2.67. The Hall–Kier alpha value is -2.84. The molecule has 70 valence electrons. The predicted octanol–water partition coefficient (Wildman–Crippen LogP) is 1.000. The molecule has 0 saturated heterocycles. The Morgan fingerprint density at radius 2 is 1.60 bits per heavy atom. The fraction of sp³-hybridized carbons (Fsp3) is 0. The van der Waals surface area contributed by atoms with Crippen molar-refractivity contribution >= 4 is 5.97 Å². The summed E-state index contributed by atoms with van der Waals surface area (Å²) < 4.78 is 0. The Labute approximate surface area is 85.0 Å². The number of carboxylic acid groups (broad SMARTS) is 1. The SMILES string of the molecule is N#Cc1ccc(C#N)c(C(=O)O)c1C#N. The normalized spacial score (nSPS) is 8.33. The van der Waals surface area contributed by atoms with E-state index in [4.69, 9.17) is 20.9 Å². The van der Waals surface area contributed by atoms with Crippen LogP contribution in [-0.4, -0.2) is 11.1 Å². The van der Waals surface area contributed by atoms with Crippen LogP contribution in [0.5, 0.6) is 0 Å². The molecule has 0 aliphatic heterocycles. The molecule has 15 heavy (non-hydrogen) atoms. The largest absolute Gasteiger partial charge is 0.478 e. The van der Waals surface area contributed by atoms with Crippen molar-refractivity contribution in [3.8, 4) is 18.2 Å². The van der Waals surface area contributed by atoms with Crippen molar-refractivity contribution in [2.75, 3.05) is 0 Å². The van der Waals surface area contributed by atoms with Gasteiger partial charge >= 0.3 is 5.97 Å². The molecule has 0 aliphatic rings. The molecule has 5 heteroatoms. The lowest BCUT2D eigenvalue weighted by Gasteiger charge is -2.01. The van der Waals surface area contributed by atoms with Gasteiger partial charge in [-0.3, -0.25) is 0 Å². The average Bonchev–Trinajstić information content (AvgIpc) is 2.26. The van der Waals surface area contributed by atoms with Gasteiger partial charge in [-0.1, -0.05) is 0 Å². The summed E-state index contributed by atoms with van der Waals surface area (Å²) in [5.41, 5.74) is -0.866. The summed E-state index contributed by atoms with van der Waals surface area (Å²) in [5, 5.41) is 34.8. The second-order valence-corrected chi connectivity index (χ2v) is 2.55. The zero-order chi connectivity index (χ0) is 11.4. The number of nitrogens with zero attached hydrogens (tertiary/aromatic N) is 3. The van der Waals surface area contributed by atoms with Crippen molar-refractivity contribution in [3.05, 3.63) is 34.4 Å². The highest BCUT2D eigenvalue weighted by Gasteiger charge is 2.18. The number of carboxylic acids is 1. The topological polar surface area (TPSA) is 109 Å². The van der Waals surface area contributed by atoms with Crippen molar-refractivity contribution in [2.24, 2.45) is 0 Å². The Morgan fingerprint density at radius 3 is 2.00 bits per heavy atom. The van der Waals surface area contributed by atoms with Crippen LogP contribution < -0.4 is 0 Å². The van der Waals surface area contributed by atoms with Crippen molar-refractivity contribution in [2.45, 2.75) is 0 Å². The third-order valence-electron chi connectivity index (χ3n) is 1.77. The smallest absolute Gasteiger partial charge is 0.338 e. The fourth-order valence-corrected chi connectivity index (χ4v) is 1.13. The molecule has 0 unspecified atom stereocenters. The van der Waals surface area contributed by atoms with Crippen LogP contribution >= 0.6 is 0 Å². The van der Waals surface area contributed by atoms with Crippen LogP contribution in [0.2, 0.25) is 0 Å². The highest BCUT2D eigenvalue weighted by molar-refractivity contribution is 5.94. The van der Waals surface area contributed by atoms with E-state index < -0.39 is 11.5 Å². The molecule has 0 aliphatic carbocycles. The summed E-state index contributed by atoms with van der Waals surface area (Å²) in [6, 6.07) is 7.44. The van der Waals surface area contributed by atoms with Crippen LogP contribution in [0.25, 0.3) is 0 Å². The highest BCUT2D eigenvalue weighted by atomic mass is 16.4. The van der Waals surface area contributed by atoms with Gasteiger partial charge < -0.3 is 5.11 Å². The lowest BCUT2D eigenvalue weighted by molar-refractivity contribution is 0.0696. The first-order valence-corrected chi connectivity index (χ1v) is 3.76. The number of nitriles is 3. The molecule has 1 N–H and O–H groups in total. The van der Waals surface area contributed by atoms with E-state index in [-0.39, 0.29) is 16.7 Å². The number of carbonyl (C=O) groups is 1. The average molecular weight is 197 g/mol. The molecule has 0 heterocycles. The minimum atomic E-state index is -1.39. The molecule has 0 bridgehead atoms. The van der Waals surface area contributed by atoms with Crippen molar-refractivity contribution in [3.63, 3.8) is 0 Å². The lowest BCUT2D eigenvalue weighted by atomic mass is 9.98. The second-order valence-electron chi connectivity index (χ2n) is 2.55. The van der Waals surface area contributed by atoms with Gasteiger partial charge in [-0.25, -0.2) is 4.79 Å². The summed E-state index contributed by atoms with van der Waals surface area (Å²) in [6.07, 6.45) is 0. The summed E-state index contributed by atoms with van der Waals surface area (Å²) in [4.78, 5) is 10.8. The maximum absolute atomic E-state index is 10.8. The molecular formula is C10H3N3O2. The van der Waals surface area contributed by atoms with Gasteiger partial charge in [0.2, 0.25) is 0 Å². The predicted molar refractivity (Wildman–Crippen MR) is 47.5 cm³/mol. The van der Waals surface area contributed by atoms with Crippen LogP contribution in [0.1, 0.15) is 27.0 Å². The molecule has 0 saturated carbocycles. The van der Waals surface area contributed by atoms with Gasteiger partial charge in [0.1, 0.15) is 18.2 Å². The van der Waals surface area contributed by atoms with Gasteiger partial charge in [0, 0.05) is 0 Å². The minimum absolute atomic E-state index is 0.0473. The van der Waals surface area contributed by atoms with Crippen LogP contribution in [0, 0.1) is 34.0 Å². The van der Waals surface area contributed by atoms with Crippen LogP contribution in [0.3, 0.4) is 0 Å². The van der Waals surface area contributed by atoms with E-state index in [1.54, 1.807) is 18.2 Å². The van der Waals surface area contributed by atoms with E-state index in [9.17, 15) is 4.79 Å². The number of hydrogen-bond acceptors (Lipinski definition) is 4. The van der Waals surface area contributed by atoms with Crippen molar-refractivity contribution < 1.29 is 9.90 Å². The molecule has 1 rings (SSSR count). The summed E-state index contributed by atoms with van der Waals surface area (Å²) >= 11 is 0. The van der Waals surface area contributed by atoms with E-state index >= 15 is 0 Å². The van der Waals surface area contributed by atoms with Gasteiger partial charge in [-0.05, 0) is 12.1 Å². The van der Waals surface area contributed by atoms with E-state index in [0.717, 1.165) is 0 Å². The van der Waals surface area contributed by atoms with Crippen molar-refractivity contribution in [1.82, 2.24) is 0 Å². The molecule has 5 nitrogen and oxygen atoms in total. The van der Waals surface area contributed by atoms with E-state index in [1.807, 2.05) is 0 Å². The van der Waals surface area contributed by atoms with Crippen molar-refractivity contribution in [1.29, 1.82) is 15.8 Å². The number of hydrogen-bond donors (Lipinski definition) is 1. The molecule has 0 aromatic heterocycles. The molecule has 1 aromatic carbocycles. The zero-order valence-corrected chi connectivity index (χ0v) is 7.35. The Bertz CT molecular complexity index is 556. The summed E-state index contributed by atoms with van der Waals surface area (Å²) in [7, 11) is 0. The minimum Gasteiger partial charge on any atom is -0.478 e. The molecule has 0 radical (unpaired) electrons. The monoisotopic (exact) mass is 197 g/mol. The molecule has 0 fully saturated rings. The van der Waals surface area contributed by atoms with Gasteiger partial charge in [0.15, 0.2) is 0 Å². The van der Waals surface area contributed by atoms with E-state index in [0.29, 0.717) is 0 Å².